The molecule has 1 rings (SSSR count). The van der Waals surface area contributed by atoms with Crippen molar-refractivity contribution in [1.82, 2.24) is 0 Å². The second kappa shape index (κ2) is 5.21. The Hall–Kier alpha value is -0.590. The van der Waals surface area contributed by atoms with Gasteiger partial charge in [0.05, 0.1) is 5.56 Å². The number of hydrogen-bond donors (Lipinski definition) is 2. The first kappa shape index (κ1) is 10.5. The number of thiol groups is 1. The van der Waals surface area contributed by atoms with Gasteiger partial charge in [-0.1, -0.05) is 27.8 Å². The van der Waals surface area contributed by atoms with Gasteiger partial charge in [-0.15, -0.1) is 0 Å². The van der Waals surface area contributed by atoms with Gasteiger partial charge in [0.25, 0.3) is 0 Å². The Morgan fingerprint density at radius 3 is 2.85 bits per heavy atom. The van der Waals surface area contributed by atoms with Crippen molar-refractivity contribution in [2.45, 2.75) is 6.42 Å². The zero-order chi connectivity index (χ0) is 9.68. The van der Waals surface area contributed by atoms with Crippen LogP contribution in [0.5, 0.6) is 5.75 Å². The molecule has 0 aliphatic heterocycles. The summed E-state index contributed by atoms with van der Waals surface area (Å²) in [6.07, 6.45) is 0.735. The van der Waals surface area contributed by atoms with Gasteiger partial charge in [-0.3, -0.25) is 0 Å². The van der Waals surface area contributed by atoms with E-state index in [-0.39, 0.29) is 5.75 Å². The van der Waals surface area contributed by atoms with E-state index < -0.39 is 0 Å². The fourth-order valence-corrected chi connectivity index (χ4v) is 1.28. The average Bonchev–Trinajstić information content (AvgIpc) is 2.09. The molecule has 0 aliphatic rings. The molecule has 0 aromatic heterocycles. The van der Waals surface area contributed by atoms with Gasteiger partial charge >= 0.3 is 0 Å². The summed E-state index contributed by atoms with van der Waals surface area (Å²) in [5.41, 5.74) is 0.657. The Balaban J connectivity index is 2.85. The first-order valence-electron chi connectivity index (χ1n) is 3.82. The lowest BCUT2D eigenvalue weighted by atomic mass is 10.2. The Morgan fingerprint density at radius 2 is 2.23 bits per heavy atom. The summed E-state index contributed by atoms with van der Waals surface area (Å²) in [6, 6.07) is 5.26. The quantitative estimate of drug-likeness (QED) is 0.585. The molecule has 0 saturated heterocycles. The van der Waals surface area contributed by atoms with Crippen molar-refractivity contribution in [3.05, 3.63) is 28.2 Å². The van der Waals surface area contributed by atoms with Gasteiger partial charge in [0.1, 0.15) is 5.75 Å². The molecule has 0 spiro atoms. The van der Waals surface area contributed by atoms with Crippen molar-refractivity contribution in [2.24, 2.45) is 0 Å². The first-order valence-corrected chi connectivity index (χ1v) is 5.25. The van der Waals surface area contributed by atoms with E-state index >= 15 is 0 Å². The SMILES string of the molecule is Oc1cc(Br)ccc1C#CCCS. The van der Waals surface area contributed by atoms with Crippen molar-refractivity contribution in [3.8, 4) is 17.6 Å². The van der Waals surface area contributed by atoms with E-state index in [2.05, 4.69) is 40.4 Å². The van der Waals surface area contributed by atoms with Gasteiger partial charge in [-0.05, 0) is 18.2 Å². The van der Waals surface area contributed by atoms with Gasteiger partial charge in [-0.25, -0.2) is 0 Å². The van der Waals surface area contributed by atoms with Crippen molar-refractivity contribution < 1.29 is 5.11 Å². The van der Waals surface area contributed by atoms with E-state index in [1.807, 2.05) is 6.07 Å². The molecule has 1 aromatic carbocycles. The van der Waals surface area contributed by atoms with E-state index in [1.165, 1.54) is 0 Å². The highest BCUT2D eigenvalue weighted by Crippen LogP contribution is 2.21. The van der Waals surface area contributed by atoms with Crippen LogP contribution in [0.2, 0.25) is 0 Å². The molecule has 0 amide bonds. The highest BCUT2D eigenvalue weighted by atomic mass is 79.9. The first-order chi connectivity index (χ1) is 6.24. The maximum absolute atomic E-state index is 9.44. The third-order valence-corrected chi connectivity index (χ3v) is 2.14. The molecule has 1 nitrogen and oxygen atoms in total. The van der Waals surface area contributed by atoms with E-state index in [0.29, 0.717) is 5.56 Å². The number of phenolic OH excluding ortho intramolecular Hbond substituents is 1. The van der Waals surface area contributed by atoms with Gasteiger partial charge in [-0.2, -0.15) is 12.6 Å². The summed E-state index contributed by atoms with van der Waals surface area (Å²) in [7, 11) is 0. The fourth-order valence-electron chi connectivity index (χ4n) is 0.824. The van der Waals surface area contributed by atoms with E-state index in [4.69, 9.17) is 0 Å². The number of benzene rings is 1. The average molecular weight is 257 g/mol. The highest BCUT2D eigenvalue weighted by molar-refractivity contribution is 9.10. The minimum atomic E-state index is 0.209. The lowest BCUT2D eigenvalue weighted by Crippen LogP contribution is -1.76. The lowest BCUT2D eigenvalue weighted by Gasteiger charge is -1.96. The lowest BCUT2D eigenvalue weighted by molar-refractivity contribution is 0.473. The molecule has 1 aromatic rings. The predicted molar refractivity (Wildman–Crippen MR) is 61.2 cm³/mol. The standard InChI is InChI=1S/C10H9BrOS/c11-9-5-4-8(10(12)7-9)3-1-2-6-13/h4-5,7,12-13H,2,6H2. The summed E-state index contributed by atoms with van der Waals surface area (Å²) in [5.74, 6) is 6.73. The van der Waals surface area contributed by atoms with Gasteiger partial charge in [0.2, 0.25) is 0 Å². The molecule has 13 heavy (non-hydrogen) atoms. The smallest absolute Gasteiger partial charge is 0.132 e. The van der Waals surface area contributed by atoms with Crippen LogP contribution < -0.4 is 0 Å². The van der Waals surface area contributed by atoms with Crippen LogP contribution in [0.1, 0.15) is 12.0 Å². The van der Waals surface area contributed by atoms with Crippen molar-refractivity contribution in [3.63, 3.8) is 0 Å². The monoisotopic (exact) mass is 256 g/mol. The van der Waals surface area contributed by atoms with Crippen LogP contribution in [0.25, 0.3) is 0 Å². The number of halogens is 1. The maximum Gasteiger partial charge on any atom is 0.132 e. The third-order valence-electron chi connectivity index (χ3n) is 1.42. The summed E-state index contributed by atoms with van der Waals surface area (Å²) in [5, 5.41) is 9.44. The molecule has 0 aliphatic carbocycles. The van der Waals surface area contributed by atoms with Gasteiger partial charge < -0.3 is 5.11 Å². The van der Waals surface area contributed by atoms with Crippen LogP contribution in [0, 0.1) is 11.8 Å². The van der Waals surface area contributed by atoms with Crippen LogP contribution in [-0.2, 0) is 0 Å². The maximum atomic E-state index is 9.44. The van der Waals surface area contributed by atoms with Gasteiger partial charge in [0.15, 0.2) is 0 Å². The Morgan fingerprint density at radius 1 is 1.46 bits per heavy atom. The normalized spacial score (nSPS) is 9.08. The number of rotatable bonds is 1. The second-order valence-corrected chi connectivity index (χ2v) is 3.80. The highest BCUT2D eigenvalue weighted by Gasteiger charge is 1.96. The number of hydrogen-bond acceptors (Lipinski definition) is 2. The molecular formula is C10H9BrOS. The molecule has 0 atom stereocenters. The molecule has 0 saturated carbocycles. The van der Waals surface area contributed by atoms with Gasteiger partial charge in [0, 0.05) is 16.6 Å². The van der Waals surface area contributed by atoms with E-state index in [1.54, 1.807) is 12.1 Å². The zero-order valence-electron chi connectivity index (χ0n) is 6.92. The van der Waals surface area contributed by atoms with Crippen LogP contribution in [0.3, 0.4) is 0 Å². The van der Waals surface area contributed by atoms with E-state index in [0.717, 1.165) is 16.6 Å². The topological polar surface area (TPSA) is 20.2 Å². The molecule has 68 valence electrons. The molecule has 0 radical (unpaired) electrons. The Labute approximate surface area is 91.7 Å². The molecule has 0 fully saturated rings. The molecule has 3 heteroatoms. The van der Waals surface area contributed by atoms with Crippen molar-refractivity contribution in [2.75, 3.05) is 5.75 Å². The second-order valence-electron chi connectivity index (χ2n) is 2.44. The summed E-state index contributed by atoms with van der Waals surface area (Å²) >= 11 is 7.29. The summed E-state index contributed by atoms with van der Waals surface area (Å²) in [4.78, 5) is 0. The van der Waals surface area contributed by atoms with E-state index in [9.17, 15) is 5.11 Å². The minimum Gasteiger partial charge on any atom is -0.507 e. The Bertz CT molecular complexity index is 352. The molecule has 0 heterocycles. The van der Waals surface area contributed by atoms with Crippen molar-refractivity contribution >= 4 is 28.6 Å². The minimum absolute atomic E-state index is 0.209. The summed E-state index contributed by atoms with van der Waals surface area (Å²) in [6.45, 7) is 0. The number of aromatic hydroxyl groups is 1. The molecule has 1 N–H and O–H groups in total. The third kappa shape index (κ3) is 3.33. The molecule has 0 unspecified atom stereocenters. The van der Waals surface area contributed by atoms with Crippen LogP contribution in [0.4, 0.5) is 0 Å². The molecule has 0 bridgehead atoms. The number of phenols is 1. The molecular weight excluding hydrogens is 248 g/mol. The van der Waals surface area contributed by atoms with Crippen LogP contribution in [-0.4, -0.2) is 10.9 Å². The summed E-state index contributed by atoms with van der Waals surface area (Å²) < 4.78 is 0.852. The van der Waals surface area contributed by atoms with Crippen LogP contribution >= 0.6 is 28.6 Å². The van der Waals surface area contributed by atoms with Crippen molar-refractivity contribution in [1.29, 1.82) is 0 Å². The largest absolute Gasteiger partial charge is 0.507 e. The predicted octanol–water partition coefficient (Wildman–Crippen LogP) is 2.83. The fraction of sp³-hybridized carbons (Fsp3) is 0.200. The zero-order valence-corrected chi connectivity index (χ0v) is 9.40. The van der Waals surface area contributed by atoms with Crippen LogP contribution in [0.15, 0.2) is 22.7 Å². The Kier molecular flexibility index (Phi) is 4.20.